The van der Waals surface area contributed by atoms with Crippen molar-refractivity contribution in [3.05, 3.63) is 100 Å². The molecule has 0 aliphatic rings. The number of thioether (sulfide) groups is 1. The highest BCUT2D eigenvalue weighted by molar-refractivity contribution is 7.99. The molecule has 2 aromatic heterocycles. The second-order valence-electron chi connectivity index (χ2n) is 7.56. The Labute approximate surface area is 193 Å². The Morgan fingerprint density at radius 2 is 1.76 bits per heavy atom. The average Bonchev–Trinajstić information content (AvgIpc) is 3.33. The van der Waals surface area contributed by atoms with Gasteiger partial charge in [0.15, 0.2) is 5.16 Å². The van der Waals surface area contributed by atoms with Gasteiger partial charge < -0.3 is 4.42 Å². The number of rotatable bonds is 5. The third kappa shape index (κ3) is 4.05. The first-order chi connectivity index (χ1) is 16.0. The molecule has 5 rings (SSSR count). The lowest BCUT2D eigenvalue weighted by Gasteiger charge is -2.15. The molecule has 164 valence electrons. The van der Waals surface area contributed by atoms with Gasteiger partial charge in [-0.3, -0.25) is 9.36 Å². The molecule has 8 heteroatoms. The summed E-state index contributed by atoms with van der Waals surface area (Å²) in [4.78, 5) is 18.1. The van der Waals surface area contributed by atoms with Gasteiger partial charge in [0.1, 0.15) is 5.82 Å². The third-order valence-electron chi connectivity index (χ3n) is 5.25. The van der Waals surface area contributed by atoms with Crippen LogP contribution in [0.4, 0.5) is 4.39 Å². The first-order valence-corrected chi connectivity index (χ1v) is 11.2. The topological polar surface area (TPSA) is 73.8 Å². The molecule has 6 nitrogen and oxygen atoms in total. The lowest BCUT2D eigenvalue weighted by atomic mass is 10.2. The Kier molecular flexibility index (Phi) is 5.51. The van der Waals surface area contributed by atoms with Crippen LogP contribution in [0, 0.1) is 12.7 Å². The molecule has 2 heterocycles. The molecule has 0 amide bonds. The average molecular weight is 459 g/mol. The zero-order chi connectivity index (χ0) is 22.9. The monoisotopic (exact) mass is 458 g/mol. The normalized spacial score (nSPS) is 12.2. The van der Waals surface area contributed by atoms with Crippen molar-refractivity contribution < 1.29 is 8.81 Å². The quantitative estimate of drug-likeness (QED) is 0.247. The minimum absolute atomic E-state index is 0.269. The first-order valence-electron chi connectivity index (χ1n) is 10.3. The molecule has 1 atom stereocenters. The van der Waals surface area contributed by atoms with Crippen molar-refractivity contribution in [2.24, 2.45) is 0 Å². The molecule has 33 heavy (non-hydrogen) atoms. The number of hydrogen-bond acceptors (Lipinski definition) is 6. The van der Waals surface area contributed by atoms with Crippen LogP contribution in [-0.4, -0.2) is 19.7 Å². The molecule has 0 spiro atoms. The number of aryl methyl sites for hydroxylation is 1. The SMILES string of the molecule is Cc1ccc(-n2c(SC(C)c3nnc(-c4ccccc4)o3)nc3ccccc3c2=O)cc1F. The Balaban J connectivity index is 1.58. The fourth-order valence-electron chi connectivity index (χ4n) is 3.44. The summed E-state index contributed by atoms with van der Waals surface area (Å²) in [5.41, 5.74) is 2.03. The molecule has 0 radical (unpaired) electrons. The van der Waals surface area contributed by atoms with Gasteiger partial charge >= 0.3 is 0 Å². The van der Waals surface area contributed by atoms with Crippen molar-refractivity contribution in [2.75, 3.05) is 0 Å². The van der Waals surface area contributed by atoms with E-state index in [-0.39, 0.29) is 16.6 Å². The Morgan fingerprint density at radius 3 is 2.55 bits per heavy atom. The highest BCUT2D eigenvalue weighted by atomic mass is 32.2. The van der Waals surface area contributed by atoms with Crippen LogP contribution in [0.15, 0.2) is 87.2 Å². The number of hydrogen-bond donors (Lipinski definition) is 0. The van der Waals surface area contributed by atoms with Crippen LogP contribution in [0.25, 0.3) is 28.0 Å². The van der Waals surface area contributed by atoms with E-state index in [1.807, 2.05) is 43.3 Å². The molecule has 1 unspecified atom stereocenters. The van der Waals surface area contributed by atoms with Gasteiger partial charge in [0.05, 0.1) is 21.8 Å². The molecular weight excluding hydrogens is 439 g/mol. The van der Waals surface area contributed by atoms with Crippen LogP contribution in [0.2, 0.25) is 0 Å². The van der Waals surface area contributed by atoms with Crippen LogP contribution in [0.3, 0.4) is 0 Å². The van der Waals surface area contributed by atoms with E-state index in [4.69, 9.17) is 9.40 Å². The standard InChI is InChI=1S/C25H19FN4O2S/c1-15-12-13-18(14-20(15)26)30-24(31)19-10-6-7-11-21(19)27-25(30)33-16(2)22-28-29-23(32-22)17-8-4-3-5-9-17/h3-14,16H,1-2H3. The highest BCUT2D eigenvalue weighted by Crippen LogP contribution is 2.35. The van der Waals surface area contributed by atoms with Crippen molar-refractivity contribution >= 4 is 22.7 Å². The lowest BCUT2D eigenvalue weighted by Crippen LogP contribution is -2.22. The van der Waals surface area contributed by atoms with Crippen LogP contribution in [-0.2, 0) is 0 Å². The summed E-state index contributed by atoms with van der Waals surface area (Å²) in [5.74, 6) is 0.436. The van der Waals surface area contributed by atoms with Crippen molar-refractivity contribution in [2.45, 2.75) is 24.3 Å². The van der Waals surface area contributed by atoms with E-state index in [0.29, 0.717) is 39.1 Å². The van der Waals surface area contributed by atoms with Crippen molar-refractivity contribution in [1.29, 1.82) is 0 Å². The maximum Gasteiger partial charge on any atom is 0.266 e. The maximum atomic E-state index is 14.4. The molecule has 0 aliphatic heterocycles. The number of benzene rings is 3. The molecule has 3 aromatic carbocycles. The van der Waals surface area contributed by atoms with Gasteiger partial charge in [-0.2, -0.15) is 0 Å². The molecule has 5 aromatic rings. The number of aromatic nitrogens is 4. The van der Waals surface area contributed by atoms with E-state index in [1.54, 1.807) is 37.3 Å². The maximum absolute atomic E-state index is 14.4. The fourth-order valence-corrected chi connectivity index (χ4v) is 4.40. The summed E-state index contributed by atoms with van der Waals surface area (Å²) in [6.07, 6.45) is 0. The zero-order valence-electron chi connectivity index (χ0n) is 17.9. The number of fused-ring (bicyclic) bond motifs is 1. The second kappa shape index (κ2) is 8.63. The van der Waals surface area contributed by atoms with Gasteiger partial charge in [0, 0.05) is 5.56 Å². The van der Waals surface area contributed by atoms with Crippen molar-refractivity contribution in [1.82, 2.24) is 19.7 Å². The van der Waals surface area contributed by atoms with Crippen LogP contribution >= 0.6 is 11.8 Å². The molecular formula is C25H19FN4O2S. The van der Waals surface area contributed by atoms with Crippen LogP contribution in [0.1, 0.15) is 23.6 Å². The van der Waals surface area contributed by atoms with Crippen molar-refractivity contribution in [3.63, 3.8) is 0 Å². The second-order valence-corrected chi connectivity index (χ2v) is 8.87. The van der Waals surface area contributed by atoms with Gasteiger partial charge in [-0.25, -0.2) is 9.37 Å². The Morgan fingerprint density at radius 1 is 1.00 bits per heavy atom. The molecule has 0 saturated heterocycles. The molecule has 0 bridgehead atoms. The van der Waals surface area contributed by atoms with Crippen LogP contribution < -0.4 is 5.56 Å². The van der Waals surface area contributed by atoms with Gasteiger partial charge in [0.2, 0.25) is 11.8 Å². The first kappa shape index (κ1) is 21.1. The summed E-state index contributed by atoms with van der Waals surface area (Å²) in [6.45, 7) is 3.58. The summed E-state index contributed by atoms with van der Waals surface area (Å²) in [6, 6.07) is 21.3. The molecule has 0 saturated carbocycles. The molecule has 0 aliphatic carbocycles. The van der Waals surface area contributed by atoms with E-state index in [2.05, 4.69) is 10.2 Å². The van der Waals surface area contributed by atoms with Gasteiger partial charge in [-0.05, 0) is 55.8 Å². The van der Waals surface area contributed by atoms with E-state index in [9.17, 15) is 9.18 Å². The van der Waals surface area contributed by atoms with Gasteiger partial charge in [0.25, 0.3) is 5.56 Å². The fraction of sp³-hybridized carbons (Fsp3) is 0.120. The minimum Gasteiger partial charge on any atom is -0.419 e. The van der Waals surface area contributed by atoms with E-state index in [1.165, 1.54) is 22.4 Å². The Bertz CT molecular complexity index is 1510. The predicted octanol–water partition coefficient (Wildman–Crippen LogP) is 5.74. The van der Waals surface area contributed by atoms with Gasteiger partial charge in [-0.1, -0.05) is 48.2 Å². The summed E-state index contributed by atoms with van der Waals surface area (Å²) < 4.78 is 21.7. The van der Waals surface area contributed by atoms with E-state index < -0.39 is 0 Å². The van der Waals surface area contributed by atoms with E-state index in [0.717, 1.165) is 5.56 Å². The lowest BCUT2D eigenvalue weighted by molar-refractivity contribution is 0.508. The number of nitrogens with zero attached hydrogens (tertiary/aromatic N) is 4. The minimum atomic E-state index is -0.388. The summed E-state index contributed by atoms with van der Waals surface area (Å²) in [7, 11) is 0. The predicted molar refractivity (Wildman–Crippen MR) is 126 cm³/mol. The number of halogens is 1. The smallest absolute Gasteiger partial charge is 0.266 e. The largest absolute Gasteiger partial charge is 0.419 e. The van der Waals surface area contributed by atoms with Crippen LogP contribution in [0.5, 0.6) is 0 Å². The number of para-hydroxylation sites is 1. The summed E-state index contributed by atoms with van der Waals surface area (Å²) >= 11 is 1.30. The molecule has 0 fully saturated rings. The zero-order valence-corrected chi connectivity index (χ0v) is 18.7. The highest BCUT2D eigenvalue weighted by Gasteiger charge is 2.21. The third-order valence-corrected chi connectivity index (χ3v) is 6.29. The van der Waals surface area contributed by atoms with E-state index >= 15 is 0 Å². The van der Waals surface area contributed by atoms with Gasteiger partial charge in [-0.15, -0.1) is 10.2 Å². The summed E-state index contributed by atoms with van der Waals surface area (Å²) in [5, 5.41) is 8.91. The molecule has 0 N–H and O–H groups in total. The van der Waals surface area contributed by atoms with Crippen molar-refractivity contribution in [3.8, 4) is 17.1 Å². The Hall–Kier alpha value is -3.78.